The third-order valence-corrected chi connectivity index (χ3v) is 14.3. The Bertz CT molecular complexity index is 3630. The van der Waals surface area contributed by atoms with Gasteiger partial charge >= 0.3 is 0 Å². The molecule has 3 nitrogen and oxygen atoms in total. The molecule has 0 amide bonds. The molecule has 13 rings (SSSR count). The molecule has 0 unspecified atom stereocenters. The topological polar surface area (TPSA) is 30.7 Å². The Morgan fingerprint density at radius 1 is 0.339 bits per heavy atom. The summed E-state index contributed by atoms with van der Waals surface area (Å²) in [4.78, 5) is 10.6. The highest BCUT2D eigenvalue weighted by molar-refractivity contribution is 7.26. The highest BCUT2D eigenvalue weighted by Crippen LogP contribution is 2.42. The fourth-order valence-electron chi connectivity index (χ4n) is 9.23. The quantitative estimate of drug-likeness (QED) is 0.178. The minimum atomic E-state index is 0.703. The Hall–Kier alpha value is -7.18. The fourth-order valence-corrected chi connectivity index (χ4v) is 11.4. The molecule has 9 aromatic carbocycles. The largest absolute Gasteiger partial charge is 0.309 e. The molecule has 0 saturated carbocycles. The summed E-state index contributed by atoms with van der Waals surface area (Å²) >= 11 is 3.67. The van der Waals surface area contributed by atoms with Gasteiger partial charge in [-0.2, -0.15) is 0 Å². The Balaban J connectivity index is 1.00. The van der Waals surface area contributed by atoms with Crippen LogP contribution in [0.25, 0.3) is 123 Å². The van der Waals surface area contributed by atoms with Crippen molar-refractivity contribution in [3.8, 4) is 39.6 Å². The first kappa shape index (κ1) is 32.9. The minimum Gasteiger partial charge on any atom is -0.309 e. The number of nitrogens with zero attached hydrogens (tertiary/aromatic N) is 3. The second-order valence-electron chi connectivity index (χ2n) is 15.3. The summed E-state index contributed by atoms with van der Waals surface area (Å²) < 4.78 is 7.56. The van der Waals surface area contributed by atoms with Crippen LogP contribution in [0, 0.1) is 0 Å². The molecule has 13 aromatic rings. The van der Waals surface area contributed by atoms with Crippen molar-refractivity contribution in [3.05, 3.63) is 188 Å². The van der Waals surface area contributed by atoms with Gasteiger partial charge in [-0.05, 0) is 100 Å². The van der Waals surface area contributed by atoms with E-state index in [0.29, 0.717) is 5.82 Å². The zero-order valence-corrected chi connectivity index (χ0v) is 33.2. The van der Waals surface area contributed by atoms with Crippen LogP contribution in [-0.4, -0.2) is 14.5 Å². The number of fused-ring (bicyclic) bond motifs is 13. The minimum absolute atomic E-state index is 0.703. The summed E-state index contributed by atoms with van der Waals surface area (Å²) in [6.45, 7) is 0. The lowest BCUT2D eigenvalue weighted by Gasteiger charge is -2.12. The predicted molar refractivity (Wildman–Crippen MR) is 253 cm³/mol. The number of hydrogen-bond acceptors (Lipinski definition) is 4. The third kappa shape index (κ3) is 5.05. The normalized spacial score (nSPS) is 12.1. The third-order valence-electron chi connectivity index (χ3n) is 12.0. The molecule has 0 atom stereocenters. The summed E-state index contributed by atoms with van der Waals surface area (Å²) in [5, 5.41) is 12.7. The fraction of sp³-hybridized carbons (Fsp3) is 0. The van der Waals surface area contributed by atoms with Crippen LogP contribution in [0.2, 0.25) is 0 Å². The summed E-state index contributed by atoms with van der Waals surface area (Å²) in [6.07, 6.45) is 0. The van der Waals surface area contributed by atoms with Crippen molar-refractivity contribution in [3.63, 3.8) is 0 Å². The van der Waals surface area contributed by atoms with Crippen molar-refractivity contribution < 1.29 is 0 Å². The Morgan fingerprint density at radius 3 is 1.31 bits per heavy atom. The average Bonchev–Trinajstić information content (AvgIpc) is 3.98. The molecule has 5 heteroatoms. The van der Waals surface area contributed by atoms with E-state index >= 15 is 0 Å². The van der Waals surface area contributed by atoms with Gasteiger partial charge in [0.05, 0.1) is 22.4 Å². The maximum atomic E-state index is 5.32. The van der Waals surface area contributed by atoms with E-state index in [1.165, 1.54) is 83.7 Å². The van der Waals surface area contributed by atoms with Crippen LogP contribution >= 0.6 is 22.7 Å². The van der Waals surface area contributed by atoms with Gasteiger partial charge in [0, 0.05) is 73.5 Å². The van der Waals surface area contributed by atoms with Gasteiger partial charge < -0.3 is 4.57 Å². The van der Waals surface area contributed by atoms with Crippen molar-refractivity contribution in [2.45, 2.75) is 0 Å². The van der Waals surface area contributed by atoms with Crippen LogP contribution in [0.1, 0.15) is 0 Å². The maximum Gasteiger partial charge on any atom is 0.160 e. The van der Waals surface area contributed by atoms with Crippen LogP contribution < -0.4 is 0 Å². The Labute approximate surface area is 346 Å². The first-order valence-corrected chi connectivity index (χ1v) is 21.5. The molecule has 0 fully saturated rings. The second-order valence-corrected chi connectivity index (χ2v) is 17.5. The maximum absolute atomic E-state index is 5.32. The van der Waals surface area contributed by atoms with E-state index in [1.807, 2.05) is 22.7 Å². The molecular formula is C54H31N3S2. The van der Waals surface area contributed by atoms with Gasteiger partial charge in [0.1, 0.15) is 0 Å². The van der Waals surface area contributed by atoms with Crippen molar-refractivity contribution in [1.82, 2.24) is 14.5 Å². The van der Waals surface area contributed by atoms with Gasteiger partial charge in [-0.1, -0.05) is 109 Å². The van der Waals surface area contributed by atoms with Crippen LogP contribution in [0.4, 0.5) is 0 Å². The lowest BCUT2D eigenvalue weighted by molar-refractivity contribution is 1.16. The summed E-state index contributed by atoms with van der Waals surface area (Å²) in [5.41, 5.74) is 8.42. The molecule has 0 aliphatic heterocycles. The molecule has 0 N–H and O–H groups in total. The molecular weight excluding hydrogens is 755 g/mol. The summed E-state index contributed by atoms with van der Waals surface area (Å²) in [6, 6.07) is 68.4. The van der Waals surface area contributed by atoms with E-state index in [-0.39, 0.29) is 0 Å². The molecule has 4 aromatic heterocycles. The molecule has 0 aliphatic carbocycles. The molecule has 0 saturated heterocycles. The highest BCUT2D eigenvalue weighted by atomic mass is 32.1. The SMILES string of the molecule is c1ccc2c(c1)ccc1c2c2c3ccccc3ccc2n1-c1ccc(-c2nc(-c3ccc4sc5ccccc5c4c3)cc(-c3ccc4sc5ccccc5c4c3)n2)cc1. The van der Waals surface area contributed by atoms with Crippen molar-refractivity contribution >= 4 is 106 Å². The van der Waals surface area contributed by atoms with Crippen LogP contribution in [0.15, 0.2) is 188 Å². The zero-order chi connectivity index (χ0) is 38.6. The predicted octanol–water partition coefficient (Wildman–Crippen LogP) is 15.6. The summed E-state index contributed by atoms with van der Waals surface area (Å²) in [7, 11) is 0. The van der Waals surface area contributed by atoms with Crippen LogP contribution in [0.5, 0.6) is 0 Å². The van der Waals surface area contributed by atoms with E-state index in [4.69, 9.17) is 9.97 Å². The molecule has 0 bridgehead atoms. The van der Waals surface area contributed by atoms with Gasteiger partial charge in [0.2, 0.25) is 0 Å². The van der Waals surface area contributed by atoms with Gasteiger partial charge in [-0.3, -0.25) is 0 Å². The molecule has 274 valence electrons. The number of aromatic nitrogens is 3. The van der Waals surface area contributed by atoms with Gasteiger partial charge in [0.15, 0.2) is 5.82 Å². The zero-order valence-electron chi connectivity index (χ0n) is 31.6. The first-order valence-electron chi connectivity index (χ1n) is 19.9. The van der Waals surface area contributed by atoms with Crippen molar-refractivity contribution in [2.75, 3.05) is 0 Å². The second kappa shape index (κ2) is 12.7. The standard InChI is InChI=1S/C54H31N3S2/c1-3-11-38-32(9-1)19-25-46-52(38)53-39-12-4-2-10-33(39)20-26-47(53)57(46)37-23-17-34(18-24-37)54-55-44(35-21-27-50-42(29-35)40-13-5-7-15-48(40)58-50)31-45(56-54)36-22-28-51-43(30-36)41-14-6-8-16-49(41)59-51/h1-31H. The Morgan fingerprint density at radius 2 is 0.780 bits per heavy atom. The van der Waals surface area contributed by atoms with E-state index in [1.54, 1.807) is 0 Å². The average molecular weight is 786 g/mol. The monoisotopic (exact) mass is 785 g/mol. The number of rotatable bonds is 4. The van der Waals surface area contributed by atoms with Gasteiger partial charge in [-0.25, -0.2) is 9.97 Å². The van der Waals surface area contributed by atoms with Crippen molar-refractivity contribution in [1.29, 1.82) is 0 Å². The number of thiophene rings is 2. The van der Waals surface area contributed by atoms with E-state index in [0.717, 1.165) is 33.8 Å². The molecule has 4 heterocycles. The summed E-state index contributed by atoms with van der Waals surface area (Å²) in [5.74, 6) is 0.703. The molecule has 0 aliphatic rings. The number of benzene rings is 9. The van der Waals surface area contributed by atoms with E-state index in [2.05, 4.69) is 193 Å². The smallest absolute Gasteiger partial charge is 0.160 e. The lowest BCUT2D eigenvalue weighted by atomic mass is 10.00. The first-order chi connectivity index (χ1) is 29.2. The lowest BCUT2D eigenvalue weighted by Crippen LogP contribution is -1.97. The Kier molecular flexibility index (Phi) is 7.05. The van der Waals surface area contributed by atoms with Crippen LogP contribution in [-0.2, 0) is 0 Å². The van der Waals surface area contributed by atoms with Crippen molar-refractivity contribution in [2.24, 2.45) is 0 Å². The molecule has 0 radical (unpaired) electrons. The van der Waals surface area contributed by atoms with Gasteiger partial charge in [-0.15, -0.1) is 22.7 Å². The highest BCUT2D eigenvalue weighted by Gasteiger charge is 2.19. The van der Waals surface area contributed by atoms with Crippen LogP contribution in [0.3, 0.4) is 0 Å². The van der Waals surface area contributed by atoms with Gasteiger partial charge in [0.25, 0.3) is 0 Å². The number of hydrogen-bond donors (Lipinski definition) is 0. The molecule has 0 spiro atoms. The molecule has 59 heavy (non-hydrogen) atoms. The van der Waals surface area contributed by atoms with E-state index < -0.39 is 0 Å². The van der Waals surface area contributed by atoms with E-state index in [9.17, 15) is 0 Å².